The molecule has 19 heavy (non-hydrogen) atoms. The molecule has 0 bridgehead atoms. The van der Waals surface area contributed by atoms with Crippen molar-refractivity contribution in [3.63, 3.8) is 0 Å². The van der Waals surface area contributed by atoms with E-state index in [1.807, 2.05) is 0 Å². The minimum Gasteiger partial charge on any atom is -0.495 e. The maximum atomic E-state index is 12.1. The van der Waals surface area contributed by atoms with Crippen molar-refractivity contribution in [2.75, 3.05) is 24.9 Å². The van der Waals surface area contributed by atoms with Crippen LogP contribution in [0.5, 0.6) is 5.75 Å². The molecule has 3 N–H and O–H groups in total. The molecule has 0 saturated carbocycles. The van der Waals surface area contributed by atoms with Gasteiger partial charge >= 0.3 is 0 Å². The first-order valence-electron chi connectivity index (χ1n) is 5.52. The van der Waals surface area contributed by atoms with Crippen molar-refractivity contribution in [3.8, 4) is 5.75 Å². The Labute approximate surface area is 115 Å². The number of anilines is 1. The summed E-state index contributed by atoms with van der Waals surface area (Å²) >= 11 is 0. The Hall–Kier alpha value is -1.12. The van der Waals surface area contributed by atoms with Crippen molar-refractivity contribution in [2.24, 2.45) is 0 Å². The molecule has 1 rings (SSSR count). The third-order valence-electron chi connectivity index (χ3n) is 2.35. The van der Waals surface area contributed by atoms with Gasteiger partial charge in [0.15, 0.2) is 0 Å². The number of methoxy groups -OCH3 is 1. The summed E-state index contributed by atoms with van der Waals surface area (Å²) in [5, 5.41) is 0. The van der Waals surface area contributed by atoms with Crippen LogP contribution in [-0.4, -0.2) is 37.8 Å². The van der Waals surface area contributed by atoms with Crippen LogP contribution >= 0.6 is 0 Å². The van der Waals surface area contributed by atoms with Crippen molar-refractivity contribution in [1.29, 1.82) is 0 Å². The highest BCUT2D eigenvalue weighted by atomic mass is 32.2. The van der Waals surface area contributed by atoms with Gasteiger partial charge in [-0.3, -0.25) is 4.21 Å². The topological polar surface area (TPSA) is 98.5 Å². The van der Waals surface area contributed by atoms with Gasteiger partial charge in [-0.1, -0.05) is 0 Å². The van der Waals surface area contributed by atoms with Gasteiger partial charge in [0.25, 0.3) is 0 Å². The number of nitrogens with two attached hydrogens (primary N) is 1. The first-order chi connectivity index (χ1) is 8.76. The summed E-state index contributed by atoms with van der Waals surface area (Å²) < 4.78 is 42.6. The minimum absolute atomic E-state index is 0.0551. The summed E-state index contributed by atoms with van der Waals surface area (Å²) in [6.07, 6.45) is 1.52. The average Bonchev–Trinajstić information content (AvgIpc) is 2.26. The maximum Gasteiger partial charge on any atom is 0.240 e. The molecule has 1 aromatic carbocycles. The summed E-state index contributed by atoms with van der Waals surface area (Å²) in [5.74, 6) is 0.673. The molecule has 0 aliphatic heterocycles. The van der Waals surface area contributed by atoms with Gasteiger partial charge in [-0.2, -0.15) is 0 Å². The molecule has 2 unspecified atom stereocenters. The number of hydrogen-bond donors (Lipinski definition) is 2. The van der Waals surface area contributed by atoms with Gasteiger partial charge in [-0.05, 0) is 25.1 Å². The number of benzene rings is 1. The molecule has 1 aromatic rings. The first-order valence-corrected chi connectivity index (χ1v) is 8.73. The SMILES string of the molecule is COc1ccc(S(=O)(=O)NC(C)CS(C)=O)cc1N. The maximum absolute atomic E-state index is 12.1. The minimum atomic E-state index is -3.67. The highest BCUT2D eigenvalue weighted by Gasteiger charge is 2.19. The average molecular weight is 306 g/mol. The molecule has 108 valence electrons. The molecule has 0 radical (unpaired) electrons. The van der Waals surface area contributed by atoms with Gasteiger partial charge in [0.2, 0.25) is 10.0 Å². The molecule has 2 atom stereocenters. The molecule has 0 fully saturated rings. The second-order valence-electron chi connectivity index (χ2n) is 4.17. The van der Waals surface area contributed by atoms with Gasteiger partial charge in [0.05, 0.1) is 17.7 Å². The fourth-order valence-corrected chi connectivity index (χ4v) is 3.77. The van der Waals surface area contributed by atoms with E-state index in [2.05, 4.69) is 4.72 Å². The lowest BCUT2D eigenvalue weighted by molar-refractivity contribution is 0.416. The number of hydrogen-bond acceptors (Lipinski definition) is 5. The monoisotopic (exact) mass is 306 g/mol. The molecule has 0 spiro atoms. The number of nitrogen functional groups attached to an aromatic ring is 1. The third-order valence-corrected chi connectivity index (χ3v) is 4.91. The van der Waals surface area contributed by atoms with Gasteiger partial charge in [0.1, 0.15) is 5.75 Å². The largest absolute Gasteiger partial charge is 0.495 e. The van der Waals surface area contributed by atoms with Crippen molar-refractivity contribution < 1.29 is 17.4 Å². The molecule has 0 aliphatic rings. The summed E-state index contributed by atoms with van der Waals surface area (Å²) in [4.78, 5) is 0.0551. The van der Waals surface area contributed by atoms with Crippen LogP contribution < -0.4 is 15.2 Å². The van der Waals surface area contributed by atoms with Crippen LogP contribution in [0, 0.1) is 0 Å². The van der Waals surface area contributed by atoms with Gasteiger partial charge in [-0.15, -0.1) is 0 Å². The van der Waals surface area contributed by atoms with Crippen molar-refractivity contribution >= 4 is 26.5 Å². The highest BCUT2D eigenvalue weighted by Crippen LogP contribution is 2.24. The van der Waals surface area contributed by atoms with Crippen LogP contribution in [0.1, 0.15) is 6.92 Å². The van der Waals surface area contributed by atoms with E-state index in [0.717, 1.165) is 0 Å². The lowest BCUT2D eigenvalue weighted by atomic mass is 10.3. The highest BCUT2D eigenvalue weighted by molar-refractivity contribution is 7.89. The Morgan fingerprint density at radius 3 is 2.58 bits per heavy atom. The van der Waals surface area contributed by atoms with E-state index >= 15 is 0 Å². The van der Waals surface area contributed by atoms with Crippen LogP contribution in [0.4, 0.5) is 5.69 Å². The molecule has 0 saturated heterocycles. The Morgan fingerprint density at radius 2 is 2.11 bits per heavy atom. The van der Waals surface area contributed by atoms with Gasteiger partial charge < -0.3 is 10.5 Å². The lowest BCUT2D eigenvalue weighted by Crippen LogP contribution is -2.36. The predicted octanol–water partition coefficient (Wildman–Crippen LogP) is 0.323. The number of nitrogens with one attached hydrogen (secondary N) is 1. The normalized spacial score (nSPS) is 14.9. The smallest absolute Gasteiger partial charge is 0.240 e. The zero-order valence-electron chi connectivity index (χ0n) is 11.0. The molecule has 0 amide bonds. The van der Waals surface area contributed by atoms with Crippen LogP contribution in [0.25, 0.3) is 0 Å². The molecule has 0 aromatic heterocycles. The lowest BCUT2D eigenvalue weighted by Gasteiger charge is -2.14. The Morgan fingerprint density at radius 1 is 1.47 bits per heavy atom. The van der Waals surface area contributed by atoms with Gasteiger partial charge in [-0.25, -0.2) is 13.1 Å². The number of ether oxygens (including phenoxy) is 1. The van der Waals surface area contributed by atoms with Crippen molar-refractivity contribution in [3.05, 3.63) is 18.2 Å². The van der Waals surface area contributed by atoms with Crippen LogP contribution in [0.3, 0.4) is 0 Å². The summed E-state index contributed by atoms with van der Waals surface area (Å²) in [5.41, 5.74) is 5.92. The second kappa shape index (κ2) is 6.36. The zero-order chi connectivity index (χ0) is 14.6. The molecular formula is C11H18N2O4S2. The summed E-state index contributed by atoms with van der Waals surface area (Å²) in [6, 6.07) is 3.82. The Balaban J connectivity index is 2.94. The molecule has 6 nitrogen and oxygen atoms in total. The quantitative estimate of drug-likeness (QED) is 0.738. The van der Waals surface area contributed by atoms with Crippen molar-refractivity contribution in [1.82, 2.24) is 4.72 Å². The first kappa shape index (κ1) is 15.9. The fourth-order valence-electron chi connectivity index (χ4n) is 1.60. The van der Waals surface area contributed by atoms with E-state index in [-0.39, 0.29) is 16.3 Å². The van der Waals surface area contributed by atoms with E-state index in [1.54, 1.807) is 6.92 Å². The molecular weight excluding hydrogens is 288 g/mol. The molecule has 0 aliphatic carbocycles. The Bertz CT molecular complexity index is 572. The van der Waals surface area contributed by atoms with E-state index < -0.39 is 26.9 Å². The number of sulfonamides is 1. The zero-order valence-corrected chi connectivity index (χ0v) is 12.7. The molecule has 0 heterocycles. The predicted molar refractivity (Wildman–Crippen MR) is 76.1 cm³/mol. The number of rotatable bonds is 6. The summed E-state index contributed by atoms with van der Waals surface area (Å²) in [6.45, 7) is 1.66. The van der Waals surface area contributed by atoms with Crippen LogP contribution in [0.15, 0.2) is 23.1 Å². The van der Waals surface area contributed by atoms with Gasteiger partial charge in [0, 0.05) is 28.9 Å². The third kappa shape index (κ3) is 4.48. The standard InChI is InChI=1S/C11H18N2O4S2/c1-8(7-18(3)14)13-19(15,16)9-4-5-11(17-2)10(12)6-9/h4-6,8,13H,7,12H2,1-3H3. The summed E-state index contributed by atoms with van der Waals surface area (Å²) in [7, 11) is -3.29. The van der Waals surface area contributed by atoms with Crippen LogP contribution in [-0.2, 0) is 20.8 Å². The van der Waals surface area contributed by atoms with E-state index in [4.69, 9.17) is 10.5 Å². The van der Waals surface area contributed by atoms with Crippen LogP contribution in [0.2, 0.25) is 0 Å². The van der Waals surface area contributed by atoms with Crippen molar-refractivity contribution in [2.45, 2.75) is 17.9 Å². The van der Waals surface area contributed by atoms with E-state index in [9.17, 15) is 12.6 Å². The second-order valence-corrected chi connectivity index (χ2v) is 7.36. The van der Waals surface area contributed by atoms with E-state index in [1.165, 1.54) is 31.6 Å². The Kier molecular flexibility index (Phi) is 5.33. The van der Waals surface area contributed by atoms with E-state index in [0.29, 0.717) is 5.75 Å². The molecule has 8 heteroatoms. The fraction of sp³-hybridized carbons (Fsp3) is 0.455.